The van der Waals surface area contributed by atoms with Crippen molar-refractivity contribution in [1.82, 2.24) is 5.32 Å². The maximum atomic E-state index is 12.0. The van der Waals surface area contributed by atoms with E-state index >= 15 is 0 Å². The second kappa shape index (κ2) is 11.3. The molecule has 0 spiro atoms. The smallest absolute Gasteiger partial charge is 0.269 e. The van der Waals surface area contributed by atoms with Crippen molar-refractivity contribution in [1.29, 1.82) is 0 Å². The van der Waals surface area contributed by atoms with Gasteiger partial charge in [0.2, 0.25) is 5.91 Å². The van der Waals surface area contributed by atoms with Crippen molar-refractivity contribution in [2.45, 2.75) is 18.6 Å². The molecule has 0 saturated carbocycles. The fraction of sp³-hybridized carbons (Fsp3) is 0.278. The van der Waals surface area contributed by atoms with Crippen LogP contribution in [0.15, 0.2) is 54.6 Å². The molecule has 0 radical (unpaired) electrons. The quantitative estimate of drug-likeness (QED) is 0.402. The Kier molecular flexibility index (Phi) is 9.41. The number of nitro benzene ring substituents is 1. The predicted molar refractivity (Wildman–Crippen MR) is 106 cm³/mol. The van der Waals surface area contributed by atoms with E-state index in [4.69, 9.17) is 10.5 Å². The van der Waals surface area contributed by atoms with E-state index in [-0.39, 0.29) is 41.7 Å². The van der Waals surface area contributed by atoms with Crippen molar-refractivity contribution in [2.75, 3.05) is 13.2 Å². The largest absolute Gasteiger partial charge is 0.491 e. The van der Waals surface area contributed by atoms with Crippen LogP contribution >= 0.6 is 17.0 Å². The second-order valence-electron chi connectivity index (χ2n) is 5.76. The minimum Gasteiger partial charge on any atom is -0.491 e. The number of ether oxygens (including phenoxy) is 1. The van der Waals surface area contributed by atoms with Gasteiger partial charge in [-0.15, -0.1) is 17.0 Å². The highest BCUT2D eigenvalue weighted by molar-refractivity contribution is 8.93. The van der Waals surface area contributed by atoms with Crippen LogP contribution in [0.1, 0.15) is 5.56 Å². The van der Waals surface area contributed by atoms with E-state index < -0.39 is 17.1 Å². The van der Waals surface area contributed by atoms with E-state index in [9.17, 15) is 20.0 Å². The second-order valence-corrected chi connectivity index (χ2v) is 5.76. The number of benzene rings is 2. The van der Waals surface area contributed by atoms with Crippen LogP contribution in [-0.2, 0) is 11.2 Å². The lowest BCUT2D eigenvalue weighted by molar-refractivity contribution is -0.384. The van der Waals surface area contributed by atoms with Crippen LogP contribution in [-0.4, -0.2) is 41.2 Å². The summed E-state index contributed by atoms with van der Waals surface area (Å²) in [5, 5.41) is 23.0. The van der Waals surface area contributed by atoms with Gasteiger partial charge in [-0.1, -0.05) is 30.3 Å². The molecule has 2 atom stereocenters. The SMILES string of the molecule is Br.NC(Cc1ccccc1)C(=O)NCC(O)COc1ccc([N+](=O)[O-])cc1. The molecule has 0 saturated heterocycles. The summed E-state index contributed by atoms with van der Waals surface area (Å²) in [6, 6.07) is 14.2. The van der Waals surface area contributed by atoms with Gasteiger partial charge in [-0.25, -0.2) is 0 Å². The van der Waals surface area contributed by atoms with Gasteiger partial charge in [-0.3, -0.25) is 14.9 Å². The molecule has 0 bridgehead atoms. The molecular formula is C18H22BrN3O5. The monoisotopic (exact) mass is 439 g/mol. The number of nitrogens with two attached hydrogens (primary N) is 1. The number of hydrogen-bond donors (Lipinski definition) is 3. The van der Waals surface area contributed by atoms with Crippen LogP contribution in [0.5, 0.6) is 5.75 Å². The highest BCUT2D eigenvalue weighted by atomic mass is 79.9. The van der Waals surface area contributed by atoms with Gasteiger partial charge in [-0.05, 0) is 24.1 Å². The van der Waals surface area contributed by atoms with Crippen LogP contribution in [0.4, 0.5) is 5.69 Å². The number of nitro groups is 1. The number of hydrogen-bond acceptors (Lipinski definition) is 6. The van der Waals surface area contributed by atoms with Crippen molar-refractivity contribution in [3.8, 4) is 5.75 Å². The number of aliphatic hydroxyl groups excluding tert-OH is 1. The van der Waals surface area contributed by atoms with Crippen molar-refractivity contribution in [3.63, 3.8) is 0 Å². The highest BCUT2D eigenvalue weighted by Crippen LogP contribution is 2.17. The first-order valence-electron chi connectivity index (χ1n) is 8.08. The lowest BCUT2D eigenvalue weighted by atomic mass is 10.1. The number of carbonyl (C=O) groups is 1. The zero-order valence-corrected chi connectivity index (χ0v) is 16.2. The Hall–Kier alpha value is -2.49. The zero-order valence-electron chi connectivity index (χ0n) is 14.5. The van der Waals surface area contributed by atoms with Crippen LogP contribution < -0.4 is 15.8 Å². The standard InChI is InChI=1S/C18H21N3O5.BrH/c19-17(10-13-4-2-1-3-5-13)18(23)20-11-15(22)12-26-16-8-6-14(7-9-16)21(24)25;/h1-9,15,17,22H,10-12,19H2,(H,20,23);1H. The molecule has 8 nitrogen and oxygen atoms in total. The van der Waals surface area contributed by atoms with Gasteiger partial charge in [0.05, 0.1) is 11.0 Å². The Labute approximate surface area is 167 Å². The fourth-order valence-electron chi connectivity index (χ4n) is 2.23. The maximum Gasteiger partial charge on any atom is 0.269 e. The topological polar surface area (TPSA) is 128 Å². The normalized spacial score (nSPS) is 12.4. The average Bonchev–Trinajstić information content (AvgIpc) is 2.65. The summed E-state index contributed by atoms with van der Waals surface area (Å²) in [4.78, 5) is 22.0. The molecule has 0 aliphatic carbocycles. The van der Waals surface area contributed by atoms with Gasteiger partial charge in [0.1, 0.15) is 18.5 Å². The van der Waals surface area contributed by atoms with Gasteiger partial charge in [0.25, 0.3) is 5.69 Å². The van der Waals surface area contributed by atoms with Gasteiger partial charge in [0, 0.05) is 18.7 Å². The molecule has 9 heteroatoms. The van der Waals surface area contributed by atoms with Crippen molar-refractivity contribution in [3.05, 3.63) is 70.3 Å². The third-order valence-corrected chi connectivity index (χ3v) is 3.64. The van der Waals surface area contributed by atoms with Crippen molar-refractivity contribution in [2.24, 2.45) is 5.73 Å². The molecule has 2 aromatic carbocycles. The fourth-order valence-corrected chi connectivity index (χ4v) is 2.23. The van der Waals surface area contributed by atoms with Gasteiger partial charge >= 0.3 is 0 Å². The lowest BCUT2D eigenvalue weighted by Gasteiger charge is -2.16. The summed E-state index contributed by atoms with van der Waals surface area (Å²) in [7, 11) is 0. The Morgan fingerprint density at radius 2 is 1.81 bits per heavy atom. The lowest BCUT2D eigenvalue weighted by Crippen LogP contribution is -2.45. The molecule has 27 heavy (non-hydrogen) atoms. The van der Waals surface area contributed by atoms with E-state index in [0.717, 1.165) is 5.56 Å². The first-order valence-corrected chi connectivity index (χ1v) is 8.08. The summed E-state index contributed by atoms with van der Waals surface area (Å²) in [6.45, 7) is -0.0691. The van der Waals surface area contributed by atoms with Crippen LogP contribution in [0.25, 0.3) is 0 Å². The van der Waals surface area contributed by atoms with E-state index in [0.29, 0.717) is 12.2 Å². The van der Waals surface area contributed by atoms with Crippen LogP contribution in [0.2, 0.25) is 0 Å². The van der Waals surface area contributed by atoms with Gasteiger partial charge < -0.3 is 20.9 Å². The molecule has 2 aromatic rings. The third kappa shape index (κ3) is 7.73. The number of nitrogens with one attached hydrogen (secondary N) is 1. The molecule has 146 valence electrons. The van der Waals surface area contributed by atoms with Crippen LogP contribution in [0.3, 0.4) is 0 Å². The Morgan fingerprint density at radius 3 is 2.41 bits per heavy atom. The number of carbonyl (C=O) groups excluding carboxylic acids is 1. The molecule has 2 rings (SSSR count). The van der Waals surface area contributed by atoms with Crippen molar-refractivity contribution >= 4 is 28.6 Å². The van der Waals surface area contributed by atoms with E-state index in [2.05, 4.69) is 5.32 Å². The first kappa shape index (κ1) is 22.6. The predicted octanol–water partition coefficient (Wildman–Crippen LogP) is 1.60. The number of amides is 1. The number of nitrogens with zero attached hydrogens (tertiary/aromatic N) is 1. The number of halogens is 1. The van der Waals surface area contributed by atoms with E-state index in [1.165, 1.54) is 24.3 Å². The van der Waals surface area contributed by atoms with Gasteiger partial charge in [0.15, 0.2) is 0 Å². The molecule has 0 aliphatic rings. The number of rotatable bonds is 9. The minimum absolute atomic E-state index is 0. The molecule has 4 N–H and O–H groups in total. The maximum absolute atomic E-state index is 12.0. The first-order chi connectivity index (χ1) is 12.5. The average molecular weight is 440 g/mol. The molecule has 2 unspecified atom stereocenters. The molecule has 0 aliphatic heterocycles. The van der Waals surface area contributed by atoms with Crippen molar-refractivity contribution < 1.29 is 19.6 Å². The van der Waals surface area contributed by atoms with E-state index in [1.807, 2.05) is 30.3 Å². The van der Waals surface area contributed by atoms with Gasteiger partial charge in [-0.2, -0.15) is 0 Å². The summed E-state index contributed by atoms with van der Waals surface area (Å²) in [5.74, 6) is 0.0324. The Morgan fingerprint density at radius 1 is 1.19 bits per heavy atom. The summed E-state index contributed by atoms with van der Waals surface area (Å²) in [6.07, 6.45) is -0.528. The summed E-state index contributed by atoms with van der Waals surface area (Å²) in [5.41, 5.74) is 6.77. The van der Waals surface area contributed by atoms with E-state index in [1.54, 1.807) is 0 Å². The molecular weight excluding hydrogens is 418 g/mol. The number of non-ortho nitro benzene ring substituents is 1. The molecule has 0 heterocycles. The summed E-state index contributed by atoms with van der Waals surface area (Å²) < 4.78 is 5.34. The molecule has 0 fully saturated rings. The molecule has 1 amide bonds. The minimum atomic E-state index is -0.932. The number of aliphatic hydroxyl groups is 1. The zero-order chi connectivity index (χ0) is 18.9. The highest BCUT2D eigenvalue weighted by Gasteiger charge is 2.15. The van der Waals surface area contributed by atoms with Crippen LogP contribution in [0, 0.1) is 10.1 Å². The molecule has 0 aromatic heterocycles. The summed E-state index contributed by atoms with van der Waals surface area (Å²) >= 11 is 0. The third-order valence-electron chi connectivity index (χ3n) is 3.64. The Balaban J connectivity index is 0.00000364. The Bertz CT molecular complexity index is 728.